The number of nitrogens with zero attached hydrogens (tertiary/aromatic N) is 6. The van der Waals surface area contributed by atoms with Gasteiger partial charge in [0.1, 0.15) is 11.3 Å². The first-order valence-corrected chi connectivity index (χ1v) is 14.0. The maximum absolute atomic E-state index is 6.59. The standard InChI is InChI=1S/C29H35ClN8/c1-2-12-36-13-10-23(20-36)33-26-25(30)18-32-29-27(26)34-28(35-29)21-6-8-24(9-7-21)38-16-14-37(15-17-38)19-22-5-3-4-11-31-22/h3-9,11,18,23H,2,10,12-17,19-20H2,1H3,(H2,32,33,34,35). The summed E-state index contributed by atoms with van der Waals surface area (Å²) in [5.74, 6) is 0.809. The van der Waals surface area contributed by atoms with Gasteiger partial charge in [-0.2, -0.15) is 0 Å². The zero-order valence-corrected chi connectivity index (χ0v) is 22.7. The van der Waals surface area contributed by atoms with E-state index in [9.17, 15) is 0 Å². The van der Waals surface area contributed by atoms with E-state index in [4.69, 9.17) is 16.6 Å². The number of imidazole rings is 1. The van der Waals surface area contributed by atoms with Crippen molar-refractivity contribution >= 4 is 34.1 Å². The van der Waals surface area contributed by atoms with Crippen molar-refractivity contribution in [1.29, 1.82) is 0 Å². The lowest BCUT2D eigenvalue weighted by Gasteiger charge is -2.36. The molecule has 2 saturated heterocycles. The predicted octanol–water partition coefficient (Wildman–Crippen LogP) is 4.89. The molecule has 9 heteroatoms. The molecule has 0 amide bonds. The van der Waals surface area contributed by atoms with Crippen LogP contribution in [0.2, 0.25) is 5.02 Å². The Morgan fingerprint density at radius 3 is 2.61 bits per heavy atom. The van der Waals surface area contributed by atoms with Gasteiger partial charge < -0.3 is 20.1 Å². The summed E-state index contributed by atoms with van der Waals surface area (Å²) >= 11 is 6.59. The summed E-state index contributed by atoms with van der Waals surface area (Å²) in [5, 5.41) is 4.28. The number of halogens is 1. The van der Waals surface area contributed by atoms with Crippen LogP contribution in [-0.4, -0.2) is 81.6 Å². The first kappa shape index (κ1) is 25.1. The smallest absolute Gasteiger partial charge is 0.159 e. The first-order valence-electron chi connectivity index (χ1n) is 13.7. The highest BCUT2D eigenvalue weighted by Gasteiger charge is 2.24. The van der Waals surface area contributed by atoms with Gasteiger partial charge in [-0.25, -0.2) is 9.97 Å². The molecule has 1 atom stereocenters. The van der Waals surface area contributed by atoms with Crippen LogP contribution in [0.15, 0.2) is 54.9 Å². The molecular formula is C29H35ClN8. The van der Waals surface area contributed by atoms with Crippen LogP contribution < -0.4 is 10.2 Å². The molecule has 1 aromatic carbocycles. The highest BCUT2D eigenvalue weighted by Crippen LogP contribution is 2.32. The Balaban J connectivity index is 1.12. The highest BCUT2D eigenvalue weighted by atomic mass is 35.5. The maximum Gasteiger partial charge on any atom is 0.159 e. The average molecular weight is 531 g/mol. The van der Waals surface area contributed by atoms with E-state index in [-0.39, 0.29) is 0 Å². The lowest BCUT2D eigenvalue weighted by molar-refractivity contribution is 0.247. The number of likely N-dealkylation sites (tertiary alicyclic amines) is 1. The van der Waals surface area contributed by atoms with Crippen LogP contribution in [0.1, 0.15) is 25.5 Å². The van der Waals surface area contributed by atoms with Crippen LogP contribution in [0.25, 0.3) is 22.6 Å². The van der Waals surface area contributed by atoms with Crippen LogP contribution in [0.3, 0.4) is 0 Å². The molecule has 38 heavy (non-hydrogen) atoms. The number of hydrogen-bond acceptors (Lipinski definition) is 7. The number of aromatic nitrogens is 4. The Hall–Kier alpha value is -3.20. The molecule has 8 nitrogen and oxygen atoms in total. The first-order chi connectivity index (χ1) is 18.7. The number of hydrogen-bond donors (Lipinski definition) is 2. The number of rotatable bonds is 8. The molecule has 0 saturated carbocycles. The number of piperazine rings is 1. The second-order valence-electron chi connectivity index (χ2n) is 10.3. The highest BCUT2D eigenvalue weighted by molar-refractivity contribution is 6.34. The molecule has 5 heterocycles. The minimum Gasteiger partial charge on any atom is -0.378 e. The van der Waals surface area contributed by atoms with Gasteiger partial charge in [-0.05, 0) is 55.8 Å². The molecule has 0 spiro atoms. The largest absolute Gasteiger partial charge is 0.378 e. The zero-order chi connectivity index (χ0) is 25.9. The van der Waals surface area contributed by atoms with E-state index in [1.54, 1.807) is 6.20 Å². The Morgan fingerprint density at radius 1 is 1.00 bits per heavy atom. The summed E-state index contributed by atoms with van der Waals surface area (Å²) in [4.78, 5) is 24.7. The van der Waals surface area contributed by atoms with Gasteiger partial charge in [0.2, 0.25) is 0 Å². The zero-order valence-electron chi connectivity index (χ0n) is 21.9. The molecule has 2 fully saturated rings. The summed E-state index contributed by atoms with van der Waals surface area (Å²) in [5.41, 5.74) is 5.84. The summed E-state index contributed by atoms with van der Waals surface area (Å²) in [6.07, 6.45) is 5.87. The second-order valence-corrected chi connectivity index (χ2v) is 10.7. The van der Waals surface area contributed by atoms with Gasteiger partial charge in [0, 0.05) is 69.3 Å². The summed E-state index contributed by atoms with van der Waals surface area (Å²) in [6, 6.07) is 15.2. The molecule has 2 aliphatic heterocycles. The molecule has 0 radical (unpaired) electrons. The Morgan fingerprint density at radius 2 is 1.84 bits per heavy atom. The van der Waals surface area contributed by atoms with Gasteiger partial charge in [0.05, 0.1) is 22.6 Å². The van der Waals surface area contributed by atoms with E-state index in [1.165, 1.54) is 12.1 Å². The molecule has 2 N–H and O–H groups in total. The SMILES string of the molecule is CCCN1CCC(Nc2c(Cl)cnc3[nH]c(-c4ccc(N5CCN(Cc6ccccn6)CC5)cc4)nc23)C1. The van der Waals surface area contributed by atoms with Crippen molar-refractivity contribution in [2.24, 2.45) is 0 Å². The number of fused-ring (bicyclic) bond motifs is 1. The number of benzene rings is 1. The lowest BCUT2D eigenvalue weighted by Crippen LogP contribution is -2.46. The van der Waals surface area contributed by atoms with Crippen LogP contribution >= 0.6 is 11.6 Å². The van der Waals surface area contributed by atoms with Crippen molar-refractivity contribution in [3.05, 3.63) is 65.6 Å². The predicted molar refractivity (Wildman–Crippen MR) is 155 cm³/mol. The van der Waals surface area contributed by atoms with Crippen molar-refractivity contribution in [2.45, 2.75) is 32.4 Å². The van der Waals surface area contributed by atoms with Gasteiger partial charge in [-0.15, -0.1) is 0 Å². The number of H-pyrrole nitrogens is 1. The summed E-state index contributed by atoms with van der Waals surface area (Å²) in [7, 11) is 0. The minimum atomic E-state index is 0.369. The topological polar surface area (TPSA) is 76.2 Å². The molecule has 2 aliphatic rings. The fourth-order valence-corrected chi connectivity index (χ4v) is 5.79. The van der Waals surface area contributed by atoms with Gasteiger partial charge in [-0.3, -0.25) is 9.88 Å². The van der Waals surface area contributed by atoms with Gasteiger partial charge in [0.15, 0.2) is 5.65 Å². The summed E-state index contributed by atoms with van der Waals surface area (Å²) in [6.45, 7) is 10.5. The molecule has 0 aliphatic carbocycles. The van der Waals surface area contributed by atoms with Crippen LogP contribution in [-0.2, 0) is 6.54 Å². The number of nitrogens with one attached hydrogen (secondary N) is 2. The van der Waals surface area contributed by atoms with E-state index in [1.807, 2.05) is 12.3 Å². The van der Waals surface area contributed by atoms with Crippen molar-refractivity contribution in [3.8, 4) is 11.4 Å². The third-order valence-corrected chi connectivity index (χ3v) is 7.90. The molecule has 1 unspecified atom stereocenters. The molecule has 0 bridgehead atoms. The molecule has 3 aromatic heterocycles. The molecular weight excluding hydrogens is 496 g/mol. The average Bonchev–Trinajstić information content (AvgIpc) is 3.59. The maximum atomic E-state index is 6.59. The van der Waals surface area contributed by atoms with Gasteiger partial charge >= 0.3 is 0 Å². The fraction of sp³-hybridized carbons (Fsp3) is 0.414. The second kappa shape index (κ2) is 11.3. The van der Waals surface area contributed by atoms with Gasteiger partial charge in [-0.1, -0.05) is 24.6 Å². The number of anilines is 2. The van der Waals surface area contributed by atoms with Gasteiger partial charge in [0.25, 0.3) is 0 Å². The summed E-state index contributed by atoms with van der Waals surface area (Å²) < 4.78 is 0. The fourth-order valence-electron chi connectivity index (χ4n) is 5.59. The van der Waals surface area contributed by atoms with E-state index in [0.717, 1.165) is 92.7 Å². The van der Waals surface area contributed by atoms with Crippen molar-refractivity contribution < 1.29 is 0 Å². The Bertz CT molecular complexity index is 1350. The Kier molecular flexibility index (Phi) is 7.44. The number of aromatic amines is 1. The van der Waals surface area contributed by atoms with Crippen LogP contribution in [0.4, 0.5) is 11.4 Å². The van der Waals surface area contributed by atoms with E-state index in [2.05, 4.69) is 78.3 Å². The third kappa shape index (κ3) is 5.48. The molecule has 198 valence electrons. The monoisotopic (exact) mass is 530 g/mol. The van der Waals surface area contributed by atoms with E-state index < -0.39 is 0 Å². The minimum absolute atomic E-state index is 0.369. The van der Waals surface area contributed by atoms with E-state index >= 15 is 0 Å². The van der Waals surface area contributed by atoms with Crippen LogP contribution in [0, 0.1) is 0 Å². The van der Waals surface area contributed by atoms with Crippen molar-refractivity contribution in [1.82, 2.24) is 29.7 Å². The Labute approximate surface area is 229 Å². The third-order valence-electron chi connectivity index (χ3n) is 7.62. The lowest BCUT2D eigenvalue weighted by atomic mass is 10.1. The van der Waals surface area contributed by atoms with Crippen molar-refractivity contribution in [2.75, 3.05) is 56.0 Å². The van der Waals surface area contributed by atoms with Crippen LogP contribution in [0.5, 0.6) is 0 Å². The quantitative estimate of drug-likeness (QED) is 0.336. The molecule has 4 aromatic rings. The van der Waals surface area contributed by atoms with Crippen molar-refractivity contribution in [3.63, 3.8) is 0 Å². The van der Waals surface area contributed by atoms with E-state index in [0.29, 0.717) is 11.1 Å². The normalized spacial score (nSPS) is 18.9. The number of pyridine rings is 2. The molecule has 6 rings (SSSR count).